The Labute approximate surface area is 143 Å². The van der Waals surface area contributed by atoms with Crippen molar-refractivity contribution in [2.45, 2.75) is 45.1 Å². The zero-order chi connectivity index (χ0) is 15.0. The van der Waals surface area contributed by atoms with Crippen LogP contribution in [0.4, 0.5) is 4.39 Å². The predicted molar refractivity (Wildman–Crippen MR) is 93.5 cm³/mol. The third-order valence-electron chi connectivity index (χ3n) is 4.52. The van der Waals surface area contributed by atoms with Gasteiger partial charge < -0.3 is 4.57 Å². The van der Waals surface area contributed by atoms with Crippen molar-refractivity contribution < 1.29 is 4.39 Å². The minimum Gasteiger partial charge on any atom is -0.324 e. The van der Waals surface area contributed by atoms with Gasteiger partial charge in [-0.25, -0.2) is 9.37 Å². The second-order valence-electron chi connectivity index (χ2n) is 5.92. The molecule has 21 heavy (non-hydrogen) atoms. The number of imidazole rings is 1. The van der Waals surface area contributed by atoms with Crippen LogP contribution in [-0.4, -0.2) is 15.4 Å². The summed E-state index contributed by atoms with van der Waals surface area (Å²) in [5, 5.41) is 0. The molecule has 1 fully saturated rings. The van der Waals surface area contributed by atoms with Crippen LogP contribution in [0.2, 0.25) is 0 Å². The van der Waals surface area contributed by atoms with Gasteiger partial charge in [-0.3, -0.25) is 0 Å². The molecule has 0 spiro atoms. The molecule has 114 valence electrons. The number of hydrogen-bond donors (Lipinski definition) is 0. The molecule has 0 radical (unpaired) electrons. The molecule has 0 N–H and O–H groups in total. The number of aromatic nitrogens is 2. The van der Waals surface area contributed by atoms with E-state index in [0.717, 1.165) is 29.7 Å². The summed E-state index contributed by atoms with van der Waals surface area (Å²) in [4.78, 5) is 4.72. The van der Waals surface area contributed by atoms with Crippen molar-refractivity contribution in [3.05, 3.63) is 27.3 Å². The number of halogens is 3. The van der Waals surface area contributed by atoms with Crippen molar-refractivity contribution in [2.24, 2.45) is 5.92 Å². The van der Waals surface area contributed by atoms with Gasteiger partial charge in [0.05, 0.1) is 14.6 Å². The smallest absolute Gasteiger partial charge is 0.138 e. The molecular formula is C16H19ClFIN2. The zero-order valence-corrected chi connectivity index (χ0v) is 15.0. The van der Waals surface area contributed by atoms with Gasteiger partial charge >= 0.3 is 0 Å². The SMILES string of the molecule is CC1CCCCC1n1c(CCCl)nc2cc(I)c(F)cc21. The number of benzene rings is 1. The lowest BCUT2D eigenvalue weighted by Crippen LogP contribution is -2.23. The maximum Gasteiger partial charge on any atom is 0.138 e. The van der Waals surface area contributed by atoms with Crippen LogP contribution in [0.1, 0.15) is 44.5 Å². The largest absolute Gasteiger partial charge is 0.324 e. The third-order valence-corrected chi connectivity index (χ3v) is 5.54. The molecule has 2 unspecified atom stereocenters. The lowest BCUT2D eigenvalue weighted by Gasteiger charge is -2.31. The first-order valence-electron chi connectivity index (χ1n) is 7.53. The van der Waals surface area contributed by atoms with Crippen molar-refractivity contribution in [2.75, 3.05) is 5.88 Å². The lowest BCUT2D eigenvalue weighted by atomic mass is 9.85. The van der Waals surface area contributed by atoms with Crippen LogP contribution in [0, 0.1) is 15.3 Å². The summed E-state index contributed by atoms with van der Waals surface area (Å²) in [6, 6.07) is 3.90. The quantitative estimate of drug-likeness (QED) is 0.486. The van der Waals surface area contributed by atoms with Gasteiger partial charge in [-0.05, 0) is 47.4 Å². The molecule has 2 atom stereocenters. The molecule has 1 aromatic carbocycles. The lowest BCUT2D eigenvalue weighted by molar-refractivity contribution is 0.257. The molecule has 0 bridgehead atoms. The fourth-order valence-corrected chi connectivity index (χ4v) is 4.07. The number of rotatable bonds is 3. The number of aryl methyl sites for hydroxylation is 1. The van der Waals surface area contributed by atoms with Gasteiger partial charge in [0, 0.05) is 24.4 Å². The first-order chi connectivity index (χ1) is 10.1. The Bertz CT molecular complexity index is 655. The summed E-state index contributed by atoms with van der Waals surface area (Å²) in [6.45, 7) is 2.29. The molecule has 1 aromatic heterocycles. The zero-order valence-electron chi connectivity index (χ0n) is 12.1. The minimum atomic E-state index is -0.162. The van der Waals surface area contributed by atoms with E-state index in [9.17, 15) is 4.39 Å². The maximum atomic E-state index is 14.0. The summed E-state index contributed by atoms with van der Waals surface area (Å²) in [7, 11) is 0. The average molecular weight is 421 g/mol. The van der Waals surface area contributed by atoms with Crippen molar-refractivity contribution in [1.82, 2.24) is 9.55 Å². The van der Waals surface area contributed by atoms with Crippen molar-refractivity contribution >= 4 is 45.2 Å². The summed E-state index contributed by atoms with van der Waals surface area (Å²) in [5.74, 6) is 1.99. The molecule has 0 aliphatic heterocycles. The Kier molecular flexibility index (Phi) is 4.74. The van der Waals surface area contributed by atoms with E-state index >= 15 is 0 Å². The summed E-state index contributed by atoms with van der Waals surface area (Å²) < 4.78 is 16.9. The number of nitrogens with zero attached hydrogens (tertiary/aromatic N) is 2. The number of alkyl halides is 1. The van der Waals surface area contributed by atoms with Gasteiger partial charge in [-0.15, -0.1) is 11.6 Å². The predicted octanol–water partition coefficient (Wildman–Crippen LogP) is 5.31. The monoisotopic (exact) mass is 420 g/mol. The molecule has 0 amide bonds. The molecule has 5 heteroatoms. The Morgan fingerprint density at radius 1 is 1.38 bits per heavy atom. The van der Waals surface area contributed by atoms with Crippen LogP contribution in [-0.2, 0) is 6.42 Å². The Balaban J connectivity index is 2.17. The fraction of sp³-hybridized carbons (Fsp3) is 0.562. The third kappa shape index (κ3) is 2.93. The van der Waals surface area contributed by atoms with Crippen LogP contribution in [0.25, 0.3) is 11.0 Å². The Morgan fingerprint density at radius 2 is 2.14 bits per heavy atom. The highest BCUT2D eigenvalue weighted by Crippen LogP contribution is 2.37. The van der Waals surface area contributed by atoms with E-state index in [1.165, 1.54) is 19.3 Å². The van der Waals surface area contributed by atoms with Crippen molar-refractivity contribution in [1.29, 1.82) is 0 Å². The number of hydrogen-bond acceptors (Lipinski definition) is 1. The van der Waals surface area contributed by atoms with Gasteiger partial charge in [0.25, 0.3) is 0 Å². The van der Waals surface area contributed by atoms with Crippen LogP contribution in [0.3, 0.4) is 0 Å². The van der Waals surface area contributed by atoms with Gasteiger partial charge in [0.1, 0.15) is 11.6 Å². The second-order valence-corrected chi connectivity index (χ2v) is 7.46. The molecule has 1 saturated carbocycles. The molecule has 2 nitrogen and oxygen atoms in total. The molecule has 0 saturated heterocycles. The second kappa shape index (κ2) is 6.41. The van der Waals surface area contributed by atoms with Gasteiger partial charge in [0.2, 0.25) is 0 Å². The van der Waals surface area contributed by atoms with E-state index in [4.69, 9.17) is 16.6 Å². The standard InChI is InChI=1S/C16H19ClFIN2/c1-10-4-2-3-5-14(10)21-15-8-11(18)12(19)9-13(15)20-16(21)6-7-17/h8-10,14H,2-7H2,1H3. The van der Waals surface area contributed by atoms with Crippen molar-refractivity contribution in [3.63, 3.8) is 0 Å². The molecule has 1 aliphatic carbocycles. The summed E-state index contributed by atoms with van der Waals surface area (Å²) >= 11 is 7.97. The summed E-state index contributed by atoms with van der Waals surface area (Å²) in [5.41, 5.74) is 1.81. The van der Waals surface area contributed by atoms with E-state index in [0.29, 0.717) is 21.4 Å². The van der Waals surface area contributed by atoms with E-state index in [1.54, 1.807) is 6.07 Å². The Hall–Kier alpha value is -0.360. The molecule has 1 heterocycles. The molecular weight excluding hydrogens is 402 g/mol. The van der Waals surface area contributed by atoms with Crippen LogP contribution in [0.5, 0.6) is 0 Å². The highest BCUT2D eigenvalue weighted by Gasteiger charge is 2.27. The maximum absolute atomic E-state index is 14.0. The van der Waals surface area contributed by atoms with E-state index < -0.39 is 0 Å². The minimum absolute atomic E-state index is 0.162. The topological polar surface area (TPSA) is 17.8 Å². The van der Waals surface area contributed by atoms with E-state index in [2.05, 4.69) is 11.5 Å². The highest BCUT2D eigenvalue weighted by molar-refractivity contribution is 14.1. The molecule has 3 rings (SSSR count). The highest BCUT2D eigenvalue weighted by atomic mass is 127. The van der Waals surface area contributed by atoms with E-state index in [1.807, 2.05) is 28.7 Å². The van der Waals surface area contributed by atoms with Crippen LogP contribution in [0.15, 0.2) is 12.1 Å². The first-order valence-corrected chi connectivity index (χ1v) is 9.15. The van der Waals surface area contributed by atoms with Crippen LogP contribution >= 0.6 is 34.2 Å². The van der Waals surface area contributed by atoms with Crippen molar-refractivity contribution in [3.8, 4) is 0 Å². The Morgan fingerprint density at radius 3 is 2.86 bits per heavy atom. The van der Waals surface area contributed by atoms with Gasteiger partial charge in [0.15, 0.2) is 0 Å². The number of fused-ring (bicyclic) bond motifs is 1. The first kappa shape index (κ1) is 15.5. The molecule has 2 aromatic rings. The fourth-order valence-electron chi connectivity index (χ4n) is 3.45. The average Bonchev–Trinajstić information content (AvgIpc) is 2.78. The molecule has 1 aliphatic rings. The van der Waals surface area contributed by atoms with Gasteiger partial charge in [-0.2, -0.15) is 0 Å². The van der Waals surface area contributed by atoms with Gasteiger partial charge in [-0.1, -0.05) is 19.8 Å². The van der Waals surface area contributed by atoms with Crippen LogP contribution < -0.4 is 0 Å². The van der Waals surface area contributed by atoms with E-state index in [-0.39, 0.29) is 5.82 Å². The summed E-state index contributed by atoms with van der Waals surface area (Å²) in [6.07, 6.45) is 5.65. The normalized spacial score (nSPS) is 22.9.